The molecule has 0 spiro atoms. The first kappa shape index (κ1) is 33.2. The fourth-order valence-corrected chi connectivity index (χ4v) is 3.02. The van der Waals surface area contributed by atoms with Crippen molar-refractivity contribution < 1.29 is 51.6 Å². The maximum atomic E-state index is 11.6. The number of carbonyl (C=O) groups is 2. The summed E-state index contributed by atoms with van der Waals surface area (Å²) in [5.41, 5.74) is -0.466. The summed E-state index contributed by atoms with van der Waals surface area (Å²) in [7, 11) is 0. The van der Waals surface area contributed by atoms with Crippen LogP contribution in [0.15, 0.2) is 18.3 Å². The second-order valence-electron chi connectivity index (χ2n) is 9.32. The van der Waals surface area contributed by atoms with Gasteiger partial charge in [0, 0.05) is 19.3 Å². The minimum absolute atomic E-state index is 0.110. The number of hydrogen-bond donors (Lipinski definition) is 2. The summed E-state index contributed by atoms with van der Waals surface area (Å²) >= 11 is 0. The minimum Gasteiger partial charge on any atom is -0.486 e. The molecule has 2 N–H and O–H groups in total. The topological polar surface area (TPSA) is 125 Å². The van der Waals surface area contributed by atoms with Crippen molar-refractivity contribution in [3.05, 3.63) is 18.3 Å². The van der Waals surface area contributed by atoms with E-state index < -0.39 is 17.7 Å². The van der Waals surface area contributed by atoms with Gasteiger partial charge < -0.3 is 34.1 Å². The number of aromatic nitrogens is 1. The van der Waals surface area contributed by atoms with Crippen molar-refractivity contribution in [2.45, 2.75) is 83.8 Å². The van der Waals surface area contributed by atoms with E-state index in [9.17, 15) is 18.0 Å². The summed E-state index contributed by atoms with van der Waals surface area (Å²) < 4.78 is 59.7. The van der Waals surface area contributed by atoms with Gasteiger partial charge in [-0.2, -0.15) is 13.2 Å². The summed E-state index contributed by atoms with van der Waals surface area (Å²) in [5, 5.41) is 9.90. The highest BCUT2D eigenvalue weighted by molar-refractivity contribution is 5.73. The summed E-state index contributed by atoms with van der Waals surface area (Å²) in [5.74, 6) is -1.63. The minimum atomic E-state index is -5.08. The van der Waals surface area contributed by atoms with Gasteiger partial charge in [0.2, 0.25) is 0 Å². The second kappa shape index (κ2) is 17.7. The van der Waals surface area contributed by atoms with E-state index in [0.717, 1.165) is 51.6 Å². The van der Waals surface area contributed by atoms with Crippen molar-refractivity contribution >= 4 is 12.1 Å². The molecule has 1 amide bonds. The van der Waals surface area contributed by atoms with Crippen LogP contribution in [-0.4, -0.2) is 73.2 Å². The first-order valence-corrected chi connectivity index (χ1v) is 12.6. The SMILES string of the molecule is CC(C)(C)OC(=O)NCCCCCCOc1ncccc1OCCOC1CCCCO1.O=C(O)C(F)(F)F. The Morgan fingerprint density at radius 2 is 1.79 bits per heavy atom. The van der Waals surface area contributed by atoms with Crippen molar-refractivity contribution in [2.75, 3.05) is 33.0 Å². The van der Waals surface area contributed by atoms with Crippen molar-refractivity contribution in [3.8, 4) is 11.6 Å². The molecule has 1 saturated heterocycles. The average molecular weight is 553 g/mol. The van der Waals surface area contributed by atoms with E-state index in [1.807, 2.05) is 32.9 Å². The van der Waals surface area contributed by atoms with Crippen molar-refractivity contribution in [3.63, 3.8) is 0 Å². The van der Waals surface area contributed by atoms with Crippen LogP contribution in [0.2, 0.25) is 0 Å². The van der Waals surface area contributed by atoms with Gasteiger partial charge in [0.25, 0.3) is 5.88 Å². The van der Waals surface area contributed by atoms with Gasteiger partial charge in [-0.15, -0.1) is 0 Å². The number of nitrogens with one attached hydrogen (secondary N) is 1. The maximum absolute atomic E-state index is 11.6. The Hall–Kier alpha value is -2.80. The lowest BCUT2D eigenvalue weighted by Crippen LogP contribution is -2.32. The van der Waals surface area contributed by atoms with Crippen LogP contribution in [0.4, 0.5) is 18.0 Å². The number of amides is 1. The number of aliphatic carboxylic acids is 1. The van der Waals surface area contributed by atoms with Crippen molar-refractivity contribution in [1.82, 2.24) is 10.3 Å². The number of carbonyl (C=O) groups excluding carboxylic acids is 1. The van der Waals surface area contributed by atoms with Gasteiger partial charge in [0.15, 0.2) is 12.0 Å². The molecule has 10 nitrogen and oxygen atoms in total. The first-order valence-electron chi connectivity index (χ1n) is 12.6. The first-order chi connectivity index (χ1) is 17.9. The van der Waals surface area contributed by atoms with Gasteiger partial charge in [-0.25, -0.2) is 14.6 Å². The molecule has 1 aromatic rings. The number of halogens is 3. The van der Waals surface area contributed by atoms with Crippen LogP contribution in [0.25, 0.3) is 0 Å². The van der Waals surface area contributed by atoms with E-state index in [1.165, 1.54) is 0 Å². The Balaban J connectivity index is 0.000000905. The second-order valence-corrected chi connectivity index (χ2v) is 9.32. The number of nitrogens with zero attached hydrogens (tertiary/aromatic N) is 1. The molecule has 0 aliphatic carbocycles. The van der Waals surface area contributed by atoms with Crippen LogP contribution in [-0.2, 0) is 19.0 Å². The van der Waals surface area contributed by atoms with E-state index in [1.54, 1.807) is 6.20 Å². The lowest BCUT2D eigenvalue weighted by molar-refractivity contribution is -0.192. The zero-order chi connectivity index (χ0) is 28.4. The number of alkyl halides is 3. The Labute approximate surface area is 221 Å². The molecule has 1 aliphatic rings. The Morgan fingerprint density at radius 1 is 1.08 bits per heavy atom. The molecule has 218 valence electrons. The molecule has 1 atom stereocenters. The lowest BCUT2D eigenvalue weighted by Gasteiger charge is -2.22. The predicted molar refractivity (Wildman–Crippen MR) is 131 cm³/mol. The zero-order valence-electron chi connectivity index (χ0n) is 22.2. The highest BCUT2D eigenvalue weighted by atomic mass is 19.4. The van der Waals surface area contributed by atoms with Crippen molar-refractivity contribution in [2.24, 2.45) is 0 Å². The zero-order valence-corrected chi connectivity index (χ0v) is 22.2. The van der Waals surface area contributed by atoms with Crippen LogP contribution in [0.5, 0.6) is 11.6 Å². The van der Waals surface area contributed by atoms with E-state index in [0.29, 0.717) is 38.0 Å². The fourth-order valence-electron chi connectivity index (χ4n) is 3.02. The Kier molecular flexibility index (Phi) is 15.4. The number of alkyl carbamates (subject to hydrolysis) is 1. The van der Waals surface area contributed by atoms with Gasteiger partial charge in [0.1, 0.15) is 12.2 Å². The van der Waals surface area contributed by atoms with E-state index in [2.05, 4.69) is 10.3 Å². The number of unbranched alkanes of at least 4 members (excludes halogenated alkanes) is 3. The number of carboxylic acid groups (broad SMARTS) is 1. The largest absolute Gasteiger partial charge is 0.490 e. The molecule has 2 heterocycles. The molecule has 1 fully saturated rings. The van der Waals surface area contributed by atoms with Gasteiger partial charge >= 0.3 is 18.2 Å². The Morgan fingerprint density at radius 3 is 2.42 bits per heavy atom. The summed E-state index contributed by atoms with van der Waals surface area (Å²) in [6.45, 7) is 8.40. The highest BCUT2D eigenvalue weighted by Crippen LogP contribution is 2.24. The van der Waals surface area contributed by atoms with Gasteiger partial charge in [0.05, 0.1) is 13.2 Å². The van der Waals surface area contributed by atoms with Crippen LogP contribution in [0.1, 0.15) is 65.7 Å². The summed E-state index contributed by atoms with van der Waals surface area (Å²) in [6, 6.07) is 3.67. The molecule has 1 aromatic heterocycles. The van der Waals surface area contributed by atoms with Crippen LogP contribution >= 0.6 is 0 Å². The number of hydrogen-bond acceptors (Lipinski definition) is 8. The molecule has 38 heavy (non-hydrogen) atoms. The fraction of sp³-hybridized carbons (Fsp3) is 0.720. The smallest absolute Gasteiger partial charge is 0.486 e. The average Bonchev–Trinajstić information content (AvgIpc) is 2.83. The summed E-state index contributed by atoms with van der Waals surface area (Å²) in [4.78, 5) is 24.7. The molecule has 0 saturated carbocycles. The lowest BCUT2D eigenvalue weighted by atomic mass is 10.2. The van der Waals surface area contributed by atoms with Gasteiger partial charge in [-0.05, 0) is 65.0 Å². The third-order valence-corrected chi connectivity index (χ3v) is 4.74. The van der Waals surface area contributed by atoms with E-state index in [4.69, 9.17) is 33.6 Å². The standard InChI is InChI=1S/C23H38N2O6.C2HF3O2/c1-23(2,3)31-22(26)25-13-7-4-5-8-16-30-21-19(11-10-14-24-21)27-17-18-29-20-12-6-9-15-28-20;3-2(4,5)1(6)7/h10-11,14,20H,4-9,12-13,15-18H2,1-3H3,(H,25,26);(H,6,7). The molecule has 1 aliphatic heterocycles. The molecule has 1 unspecified atom stereocenters. The van der Waals surface area contributed by atoms with Crippen molar-refractivity contribution in [1.29, 1.82) is 0 Å². The molecular weight excluding hydrogens is 513 g/mol. The molecule has 0 bridgehead atoms. The van der Waals surface area contributed by atoms with Crippen LogP contribution < -0.4 is 14.8 Å². The molecule has 0 aromatic carbocycles. The van der Waals surface area contributed by atoms with E-state index >= 15 is 0 Å². The third kappa shape index (κ3) is 16.8. The van der Waals surface area contributed by atoms with Crippen LogP contribution in [0.3, 0.4) is 0 Å². The quantitative estimate of drug-likeness (QED) is 0.322. The van der Waals surface area contributed by atoms with E-state index in [-0.39, 0.29) is 12.4 Å². The Bertz CT molecular complexity index is 813. The normalized spacial score (nSPS) is 15.6. The summed E-state index contributed by atoms with van der Waals surface area (Å²) in [6.07, 6.45) is 3.15. The predicted octanol–water partition coefficient (Wildman–Crippen LogP) is 5.10. The van der Waals surface area contributed by atoms with Gasteiger partial charge in [-0.3, -0.25) is 0 Å². The number of carboxylic acids is 1. The third-order valence-electron chi connectivity index (χ3n) is 4.74. The molecule has 13 heteroatoms. The number of rotatable bonds is 13. The number of pyridine rings is 1. The highest BCUT2D eigenvalue weighted by Gasteiger charge is 2.38. The number of ether oxygens (including phenoxy) is 5. The van der Waals surface area contributed by atoms with Crippen LogP contribution in [0, 0.1) is 0 Å². The molecular formula is C25H39F3N2O8. The molecule has 2 rings (SSSR count). The van der Waals surface area contributed by atoms with Gasteiger partial charge in [-0.1, -0.05) is 12.8 Å². The maximum Gasteiger partial charge on any atom is 0.490 e. The monoisotopic (exact) mass is 552 g/mol. The molecule has 0 radical (unpaired) electrons.